The molecule has 1 fully saturated rings. The topological polar surface area (TPSA) is 33.1 Å². The Morgan fingerprint density at radius 1 is 1.40 bits per heavy atom. The Balaban J connectivity index is 1.98. The summed E-state index contributed by atoms with van der Waals surface area (Å²) in [6.07, 6.45) is 3.44. The molecular weight excluding hydrogens is 316 g/mol. The van der Waals surface area contributed by atoms with Crippen molar-refractivity contribution in [3.05, 3.63) is 15.9 Å². The lowest BCUT2D eigenvalue weighted by molar-refractivity contribution is 0.167. The molecule has 1 aromatic rings. The predicted molar refractivity (Wildman–Crippen MR) is 86.9 cm³/mol. The first-order valence-electron chi connectivity index (χ1n) is 7.74. The lowest BCUT2D eigenvalue weighted by Crippen LogP contribution is -2.45. The van der Waals surface area contributed by atoms with Crippen LogP contribution in [-0.2, 0) is 19.5 Å². The molecule has 0 radical (unpaired) electrons. The van der Waals surface area contributed by atoms with E-state index in [4.69, 9.17) is 0 Å². The number of nitrogens with zero attached hydrogens (tertiary/aromatic N) is 3. The van der Waals surface area contributed by atoms with E-state index < -0.39 is 0 Å². The van der Waals surface area contributed by atoms with Crippen molar-refractivity contribution in [3.8, 4) is 0 Å². The van der Waals surface area contributed by atoms with Crippen molar-refractivity contribution in [1.29, 1.82) is 0 Å². The summed E-state index contributed by atoms with van der Waals surface area (Å²) in [6, 6.07) is 1.30. The summed E-state index contributed by atoms with van der Waals surface area (Å²) in [6.45, 7) is 9.65. The lowest BCUT2D eigenvalue weighted by Gasteiger charge is -2.35. The molecule has 1 saturated heterocycles. The Morgan fingerprint density at radius 3 is 2.75 bits per heavy atom. The zero-order valence-corrected chi connectivity index (χ0v) is 14.7. The minimum atomic E-state index is 0.624. The Morgan fingerprint density at radius 2 is 2.15 bits per heavy atom. The van der Waals surface area contributed by atoms with Crippen molar-refractivity contribution in [2.24, 2.45) is 0 Å². The molecular formula is C15H27BrN4. The van der Waals surface area contributed by atoms with E-state index in [2.05, 4.69) is 63.7 Å². The molecule has 0 spiro atoms. The summed E-state index contributed by atoms with van der Waals surface area (Å²) in [5.74, 6) is 0. The van der Waals surface area contributed by atoms with Crippen molar-refractivity contribution < 1.29 is 0 Å². The van der Waals surface area contributed by atoms with Gasteiger partial charge in [0.25, 0.3) is 0 Å². The first-order chi connectivity index (χ1) is 9.56. The maximum Gasteiger partial charge on any atom is 0.0767 e. The van der Waals surface area contributed by atoms with Crippen LogP contribution in [0.5, 0.6) is 0 Å². The summed E-state index contributed by atoms with van der Waals surface area (Å²) in [5, 5.41) is 8.38. The molecule has 2 heterocycles. The lowest BCUT2D eigenvalue weighted by atomic mass is 9.99. The monoisotopic (exact) mass is 342 g/mol. The van der Waals surface area contributed by atoms with Crippen LogP contribution in [0.3, 0.4) is 0 Å². The third-order valence-electron chi connectivity index (χ3n) is 4.46. The number of likely N-dealkylation sites (tertiary alicyclic amines) is 1. The van der Waals surface area contributed by atoms with Crippen molar-refractivity contribution in [2.75, 3.05) is 13.6 Å². The molecule has 1 aromatic heterocycles. The van der Waals surface area contributed by atoms with Gasteiger partial charge >= 0.3 is 0 Å². The van der Waals surface area contributed by atoms with Crippen molar-refractivity contribution in [2.45, 2.75) is 65.2 Å². The van der Waals surface area contributed by atoms with E-state index in [1.807, 2.05) is 0 Å². The van der Waals surface area contributed by atoms with E-state index >= 15 is 0 Å². The van der Waals surface area contributed by atoms with Crippen LogP contribution in [-0.4, -0.2) is 40.4 Å². The fraction of sp³-hybridized carbons (Fsp3) is 0.800. The zero-order chi connectivity index (χ0) is 14.7. The molecule has 2 atom stereocenters. The molecule has 0 aromatic carbocycles. The third kappa shape index (κ3) is 3.43. The van der Waals surface area contributed by atoms with Gasteiger partial charge in [-0.25, -0.2) is 0 Å². The minimum absolute atomic E-state index is 0.624. The second-order valence-electron chi connectivity index (χ2n) is 5.81. The van der Waals surface area contributed by atoms with Crippen molar-refractivity contribution >= 4 is 15.9 Å². The summed E-state index contributed by atoms with van der Waals surface area (Å²) < 4.78 is 3.31. The molecule has 0 saturated carbocycles. The molecule has 1 aliphatic rings. The van der Waals surface area contributed by atoms with Gasteiger partial charge in [-0.2, -0.15) is 5.10 Å². The van der Waals surface area contributed by atoms with Gasteiger partial charge in [0.2, 0.25) is 0 Å². The summed E-state index contributed by atoms with van der Waals surface area (Å²) in [4.78, 5) is 2.44. The van der Waals surface area contributed by atoms with Crippen LogP contribution >= 0.6 is 15.9 Å². The maximum absolute atomic E-state index is 4.66. The van der Waals surface area contributed by atoms with Gasteiger partial charge in [-0.15, -0.1) is 0 Å². The Bertz CT molecular complexity index is 443. The van der Waals surface area contributed by atoms with E-state index in [1.165, 1.54) is 35.2 Å². The first kappa shape index (κ1) is 16.0. The number of aromatic nitrogens is 2. The number of nitrogens with one attached hydrogen (secondary N) is 1. The van der Waals surface area contributed by atoms with Crippen LogP contribution in [0.2, 0.25) is 0 Å². The van der Waals surface area contributed by atoms with Gasteiger partial charge in [0.05, 0.1) is 15.9 Å². The second-order valence-corrected chi connectivity index (χ2v) is 6.60. The van der Waals surface area contributed by atoms with E-state index in [0.717, 1.165) is 19.5 Å². The maximum atomic E-state index is 4.66. The normalized spacial score (nSPS) is 24.2. The fourth-order valence-corrected chi connectivity index (χ4v) is 3.61. The van der Waals surface area contributed by atoms with Crippen LogP contribution in [0.15, 0.2) is 4.47 Å². The Hall–Kier alpha value is -0.390. The van der Waals surface area contributed by atoms with Gasteiger partial charge in [-0.1, -0.05) is 6.92 Å². The fourth-order valence-electron chi connectivity index (χ4n) is 2.90. The van der Waals surface area contributed by atoms with Gasteiger partial charge in [0.15, 0.2) is 0 Å². The second kappa shape index (κ2) is 7.05. The number of aryl methyl sites for hydroxylation is 2. The molecule has 5 heteroatoms. The Kier molecular flexibility index (Phi) is 5.64. The molecule has 1 aliphatic heterocycles. The molecule has 2 rings (SSSR count). The van der Waals surface area contributed by atoms with Crippen LogP contribution in [0, 0.1) is 0 Å². The minimum Gasteiger partial charge on any atom is -0.308 e. The van der Waals surface area contributed by atoms with Gasteiger partial charge in [0, 0.05) is 25.2 Å². The molecule has 114 valence electrons. The largest absolute Gasteiger partial charge is 0.308 e. The van der Waals surface area contributed by atoms with E-state index in [1.54, 1.807) is 0 Å². The zero-order valence-electron chi connectivity index (χ0n) is 13.1. The third-order valence-corrected chi connectivity index (χ3v) is 5.38. The highest BCUT2D eigenvalue weighted by molar-refractivity contribution is 9.10. The Labute approximate surface area is 131 Å². The highest BCUT2D eigenvalue weighted by Crippen LogP contribution is 2.23. The van der Waals surface area contributed by atoms with Crippen LogP contribution < -0.4 is 5.32 Å². The van der Waals surface area contributed by atoms with Crippen LogP contribution in [0.4, 0.5) is 0 Å². The first-order valence-corrected chi connectivity index (χ1v) is 8.53. The SMILES string of the molecule is CCc1nn(CC)c(CNC2CCN(C)C(C)C2)c1Br. The van der Waals surface area contributed by atoms with Crippen LogP contribution in [0.1, 0.15) is 45.0 Å². The van der Waals surface area contributed by atoms with Crippen molar-refractivity contribution in [3.63, 3.8) is 0 Å². The molecule has 0 amide bonds. The highest BCUT2D eigenvalue weighted by Gasteiger charge is 2.23. The molecule has 4 nitrogen and oxygen atoms in total. The molecule has 20 heavy (non-hydrogen) atoms. The molecule has 2 unspecified atom stereocenters. The molecule has 0 bridgehead atoms. The van der Waals surface area contributed by atoms with E-state index in [9.17, 15) is 0 Å². The standard InChI is InChI=1S/C15H27BrN4/c1-5-13-15(16)14(20(6-2)18-13)10-17-12-7-8-19(4)11(3)9-12/h11-12,17H,5-10H2,1-4H3. The number of halogens is 1. The number of piperidine rings is 1. The highest BCUT2D eigenvalue weighted by atomic mass is 79.9. The smallest absolute Gasteiger partial charge is 0.0767 e. The summed E-state index contributed by atoms with van der Waals surface area (Å²) in [7, 11) is 2.22. The average Bonchev–Trinajstić information content (AvgIpc) is 2.76. The number of rotatable bonds is 5. The van der Waals surface area contributed by atoms with Gasteiger partial charge in [-0.3, -0.25) is 4.68 Å². The van der Waals surface area contributed by atoms with E-state index in [0.29, 0.717) is 12.1 Å². The van der Waals surface area contributed by atoms with Crippen molar-refractivity contribution in [1.82, 2.24) is 20.0 Å². The predicted octanol–water partition coefficient (Wildman–Crippen LogP) is 2.80. The number of hydrogen-bond acceptors (Lipinski definition) is 3. The summed E-state index contributed by atoms with van der Waals surface area (Å²) in [5.41, 5.74) is 2.45. The summed E-state index contributed by atoms with van der Waals surface area (Å²) >= 11 is 3.72. The van der Waals surface area contributed by atoms with Gasteiger partial charge in [-0.05, 0) is 62.6 Å². The van der Waals surface area contributed by atoms with Crippen LogP contribution in [0.25, 0.3) is 0 Å². The quantitative estimate of drug-likeness (QED) is 0.893. The van der Waals surface area contributed by atoms with Gasteiger partial charge < -0.3 is 10.2 Å². The molecule has 0 aliphatic carbocycles. The molecule has 1 N–H and O–H groups in total. The van der Waals surface area contributed by atoms with Gasteiger partial charge in [0.1, 0.15) is 0 Å². The van der Waals surface area contributed by atoms with E-state index in [-0.39, 0.29) is 0 Å². The average molecular weight is 343 g/mol. The number of hydrogen-bond donors (Lipinski definition) is 1.